The van der Waals surface area contributed by atoms with E-state index in [1.165, 1.54) is 0 Å². The van der Waals surface area contributed by atoms with Gasteiger partial charge in [-0.1, -0.05) is 18.2 Å². The highest BCUT2D eigenvalue weighted by Gasteiger charge is 1.98. The molecule has 0 spiro atoms. The Labute approximate surface area is 74.0 Å². The molecule has 0 saturated carbocycles. The third kappa shape index (κ3) is 1.24. The Bertz CT molecular complexity index is 514. The average Bonchev–Trinajstić information content (AvgIpc) is 2.18. The first-order chi connectivity index (χ1) is 6.31. The number of nitrogens with one attached hydrogen (secondary N) is 1. The molecule has 0 saturated heterocycles. The summed E-state index contributed by atoms with van der Waals surface area (Å²) in [6, 6.07) is 8.80. The SMILES string of the molecule is O=Cc1cc2ccccc2c(=O)[nH]1. The molecule has 1 aromatic carbocycles. The predicted molar refractivity (Wildman–Crippen MR) is 50.0 cm³/mol. The highest BCUT2D eigenvalue weighted by molar-refractivity contribution is 5.86. The topological polar surface area (TPSA) is 49.9 Å². The summed E-state index contributed by atoms with van der Waals surface area (Å²) in [7, 11) is 0. The van der Waals surface area contributed by atoms with E-state index < -0.39 is 0 Å². The molecule has 0 radical (unpaired) electrons. The fraction of sp³-hybridized carbons (Fsp3) is 0. The van der Waals surface area contributed by atoms with Gasteiger partial charge in [0, 0.05) is 5.39 Å². The highest BCUT2D eigenvalue weighted by Crippen LogP contribution is 2.08. The number of aldehydes is 1. The molecule has 0 fully saturated rings. The summed E-state index contributed by atoms with van der Waals surface area (Å²) in [4.78, 5) is 24.3. The lowest BCUT2D eigenvalue weighted by Crippen LogP contribution is -2.08. The van der Waals surface area contributed by atoms with Crippen LogP contribution in [-0.4, -0.2) is 11.3 Å². The molecule has 0 aliphatic heterocycles. The Morgan fingerprint density at radius 3 is 2.77 bits per heavy atom. The van der Waals surface area contributed by atoms with Crippen molar-refractivity contribution in [3.63, 3.8) is 0 Å². The van der Waals surface area contributed by atoms with E-state index in [4.69, 9.17) is 0 Å². The van der Waals surface area contributed by atoms with Gasteiger partial charge in [0.25, 0.3) is 5.56 Å². The first kappa shape index (κ1) is 7.73. The van der Waals surface area contributed by atoms with Crippen molar-refractivity contribution in [2.75, 3.05) is 0 Å². The number of hydrogen-bond acceptors (Lipinski definition) is 2. The summed E-state index contributed by atoms with van der Waals surface area (Å²) in [6.07, 6.45) is 0.633. The van der Waals surface area contributed by atoms with E-state index in [1.54, 1.807) is 24.3 Å². The van der Waals surface area contributed by atoms with Crippen LogP contribution < -0.4 is 5.56 Å². The monoisotopic (exact) mass is 173 g/mol. The number of aromatic nitrogens is 1. The summed E-state index contributed by atoms with van der Waals surface area (Å²) >= 11 is 0. The summed E-state index contributed by atoms with van der Waals surface area (Å²) in [6.45, 7) is 0. The van der Waals surface area contributed by atoms with Gasteiger partial charge < -0.3 is 4.98 Å². The number of rotatable bonds is 1. The van der Waals surface area contributed by atoms with Crippen LogP contribution in [0.15, 0.2) is 35.1 Å². The number of benzene rings is 1. The van der Waals surface area contributed by atoms with E-state index in [0.29, 0.717) is 17.4 Å². The molecule has 64 valence electrons. The van der Waals surface area contributed by atoms with E-state index in [0.717, 1.165) is 5.39 Å². The van der Waals surface area contributed by atoms with Gasteiger partial charge in [-0.25, -0.2) is 0 Å². The molecular formula is C10H7NO2. The van der Waals surface area contributed by atoms with Crippen LogP contribution in [-0.2, 0) is 0 Å². The second-order valence-electron chi connectivity index (χ2n) is 2.76. The molecule has 0 unspecified atom stereocenters. The van der Waals surface area contributed by atoms with Gasteiger partial charge in [-0.05, 0) is 17.5 Å². The van der Waals surface area contributed by atoms with Gasteiger partial charge in [-0.3, -0.25) is 9.59 Å². The Hall–Kier alpha value is -1.90. The second-order valence-corrected chi connectivity index (χ2v) is 2.76. The van der Waals surface area contributed by atoms with E-state index in [9.17, 15) is 9.59 Å². The van der Waals surface area contributed by atoms with Crippen molar-refractivity contribution in [2.45, 2.75) is 0 Å². The minimum atomic E-state index is -0.222. The normalized spacial score (nSPS) is 10.2. The molecule has 0 bridgehead atoms. The first-order valence-corrected chi connectivity index (χ1v) is 3.88. The zero-order valence-electron chi connectivity index (χ0n) is 6.78. The van der Waals surface area contributed by atoms with Crippen molar-refractivity contribution in [3.8, 4) is 0 Å². The fourth-order valence-corrected chi connectivity index (χ4v) is 1.30. The van der Waals surface area contributed by atoms with Gasteiger partial charge in [-0.15, -0.1) is 0 Å². The van der Waals surface area contributed by atoms with Crippen molar-refractivity contribution < 1.29 is 4.79 Å². The van der Waals surface area contributed by atoms with Crippen LogP contribution in [0.1, 0.15) is 10.5 Å². The molecule has 2 rings (SSSR count). The van der Waals surface area contributed by atoms with Crippen molar-refractivity contribution in [3.05, 3.63) is 46.4 Å². The number of carbonyl (C=O) groups is 1. The van der Waals surface area contributed by atoms with Crippen molar-refractivity contribution in [1.29, 1.82) is 0 Å². The number of fused-ring (bicyclic) bond motifs is 1. The van der Waals surface area contributed by atoms with Crippen molar-refractivity contribution in [2.24, 2.45) is 0 Å². The van der Waals surface area contributed by atoms with Crippen LogP contribution in [0, 0.1) is 0 Å². The molecule has 2 aromatic rings. The molecule has 1 heterocycles. The van der Waals surface area contributed by atoms with Gasteiger partial charge in [0.15, 0.2) is 6.29 Å². The van der Waals surface area contributed by atoms with E-state index in [-0.39, 0.29) is 5.56 Å². The number of H-pyrrole nitrogens is 1. The number of hydrogen-bond donors (Lipinski definition) is 1. The van der Waals surface area contributed by atoms with Gasteiger partial charge in [-0.2, -0.15) is 0 Å². The highest BCUT2D eigenvalue weighted by atomic mass is 16.1. The smallest absolute Gasteiger partial charge is 0.256 e. The van der Waals surface area contributed by atoms with Gasteiger partial charge in [0.05, 0.1) is 5.69 Å². The maximum atomic E-state index is 11.3. The fourth-order valence-electron chi connectivity index (χ4n) is 1.30. The third-order valence-corrected chi connectivity index (χ3v) is 1.90. The Morgan fingerprint density at radius 2 is 2.00 bits per heavy atom. The van der Waals surface area contributed by atoms with E-state index >= 15 is 0 Å². The minimum Gasteiger partial charge on any atom is -0.319 e. The molecule has 0 aliphatic carbocycles. The zero-order valence-corrected chi connectivity index (χ0v) is 6.78. The van der Waals surface area contributed by atoms with Gasteiger partial charge in [0.2, 0.25) is 0 Å². The van der Waals surface area contributed by atoms with Crippen LogP contribution in [0.5, 0.6) is 0 Å². The Kier molecular flexibility index (Phi) is 1.70. The lowest BCUT2D eigenvalue weighted by Gasteiger charge is -1.96. The van der Waals surface area contributed by atoms with Crippen LogP contribution in [0.2, 0.25) is 0 Å². The summed E-state index contributed by atoms with van der Waals surface area (Å²) in [5.41, 5.74) is 0.0869. The number of pyridine rings is 1. The molecule has 3 heteroatoms. The largest absolute Gasteiger partial charge is 0.319 e. The maximum absolute atomic E-state index is 11.3. The molecule has 0 atom stereocenters. The molecule has 0 amide bonds. The van der Waals surface area contributed by atoms with Crippen molar-refractivity contribution in [1.82, 2.24) is 4.98 Å². The second kappa shape index (κ2) is 2.86. The first-order valence-electron chi connectivity index (χ1n) is 3.88. The van der Waals surface area contributed by atoms with Crippen LogP contribution >= 0.6 is 0 Å². The molecular weight excluding hydrogens is 166 g/mol. The van der Waals surface area contributed by atoms with Gasteiger partial charge >= 0.3 is 0 Å². The van der Waals surface area contributed by atoms with Crippen LogP contribution in [0.3, 0.4) is 0 Å². The zero-order chi connectivity index (χ0) is 9.26. The summed E-state index contributed by atoms with van der Waals surface area (Å²) in [5, 5.41) is 1.39. The number of aromatic amines is 1. The molecule has 1 N–H and O–H groups in total. The maximum Gasteiger partial charge on any atom is 0.256 e. The van der Waals surface area contributed by atoms with Crippen LogP contribution in [0.25, 0.3) is 10.8 Å². The third-order valence-electron chi connectivity index (χ3n) is 1.90. The minimum absolute atomic E-state index is 0.222. The van der Waals surface area contributed by atoms with Crippen molar-refractivity contribution >= 4 is 17.1 Å². The molecule has 13 heavy (non-hydrogen) atoms. The lowest BCUT2D eigenvalue weighted by atomic mass is 10.1. The summed E-state index contributed by atoms with van der Waals surface area (Å²) in [5.74, 6) is 0. The van der Waals surface area contributed by atoms with E-state index in [2.05, 4.69) is 4.98 Å². The summed E-state index contributed by atoms with van der Waals surface area (Å²) < 4.78 is 0. The number of carbonyl (C=O) groups excluding carboxylic acids is 1. The molecule has 3 nitrogen and oxygen atoms in total. The molecule has 1 aromatic heterocycles. The Balaban J connectivity index is 2.92. The van der Waals surface area contributed by atoms with Gasteiger partial charge in [0.1, 0.15) is 0 Å². The lowest BCUT2D eigenvalue weighted by molar-refractivity contribution is 0.111. The Morgan fingerprint density at radius 1 is 1.23 bits per heavy atom. The quantitative estimate of drug-likeness (QED) is 0.661. The standard InChI is InChI=1S/C10H7NO2/c12-6-8-5-7-3-1-2-4-9(7)10(13)11-8/h1-6H,(H,11,13). The van der Waals surface area contributed by atoms with Crippen LogP contribution in [0.4, 0.5) is 0 Å². The van der Waals surface area contributed by atoms with E-state index in [1.807, 2.05) is 6.07 Å². The predicted octanol–water partition coefficient (Wildman–Crippen LogP) is 1.34. The average molecular weight is 173 g/mol. The molecule has 0 aliphatic rings.